The molecule has 0 saturated carbocycles. The van der Waals surface area contributed by atoms with Gasteiger partial charge in [-0.3, -0.25) is 9.69 Å². The molecule has 0 saturated heterocycles. The van der Waals surface area contributed by atoms with Gasteiger partial charge >= 0.3 is 0 Å². The predicted octanol–water partition coefficient (Wildman–Crippen LogP) is 1.83. The van der Waals surface area contributed by atoms with Gasteiger partial charge in [-0.05, 0) is 29.0 Å². The Bertz CT molecular complexity index is 642. The van der Waals surface area contributed by atoms with E-state index in [1.54, 1.807) is 11.3 Å². The average Bonchev–Trinajstić information content (AvgIpc) is 3.06. The lowest BCUT2D eigenvalue weighted by Crippen LogP contribution is -2.42. The van der Waals surface area contributed by atoms with E-state index in [4.69, 9.17) is 0 Å². The number of nitrogens with zero attached hydrogens (tertiary/aromatic N) is 1. The predicted molar refractivity (Wildman–Crippen MR) is 92.5 cm³/mol. The van der Waals surface area contributed by atoms with Gasteiger partial charge in [-0.2, -0.15) is 0 Å². The molecule has 1 aromatic heterocycles. The third kappa shape index (κ3) is 4.64. The standard InChI is InChI=1S/C18H22N2O2S/c21-16(11-19-18(22)10-17-6-3-9-23-17)13-20-8-7-14-4-1-2-5-15(14)12-20/h1-6,9,16,21H,7-8,10-13H2,(H,19,22)/t16-/m1/s1. The van der Waals surface area contributed by atoms with Gasteiger partial charge in [0.05, 0.1) is 12.5 Å². The highest BCUT2D eigenvalue weighted by atomic mass is 32.1. The Kier molecular flexibility index (Phi) is 5.43. The molecular formula is C18H22N2O2S. The molecule has 122 valence electrons. The second-order valence-corrected chi connectivity index (χ2v) is 7.00. The molecular weight excluding hydrogens is 308 g/mol. The van der Waals surface area contributed by atoms with E-state index in [1.165, 1.54) is 11.1 Å². The highest BCUT2D eigenvalue weighted by Crippen LogP contribution is 2.18. The van der Waals surface area contributed by atoms with Crippen LogP contribution in [0.15, 0.2) is 41.8 Å². The second kappa shape index (κ2) is 7.73. The molecule has 2 N–H and O–H groups in total. The number of aliphatic hydroxyl groups is 1. The van der Waals surface area contributed by atoms with Crippen LogP contribution in [-0.4, -0.2) is 41.7 Å². The number of fused-ring (bicyclic) bond motifs is 1. The van der Waals surface area contributed by atoms with Gasteiger partial charge in [-0.15, -0.1) is 11.3 Å². The first kappa shape index (κ1) is 16.2. The number of amides is 1. The minimum atomic E-state index is -0.535. The van der Waals surface area contributed by atoms with E-state index >= 15 is 0 Å². The molecule has 0 fully saturated rings. The Labute approximate surface area is 140 Å². The van der Waals surface area contributed by atoms with Crippen molar-refractivity contribution in [2.45, 2.75) is 25.5 Å². The topological polar surface area (TPSA) is 52.6 Å². The number of thiophene rings is 1. The number of hydrogen-bond donors (Lipinski definition) is 2. The largest absolute Gasteiger partial charge is 0.390 e. The summed E-state index contributed by atoms with van der Waals surface area (Å²) in [4.78, 5) is 15.1. The summed E-state index contributed by atoms with van der Waals surface area (Å²) >= 11 is 1.58. The summed E-state index contributed by atoms with van der Waals surface area (Å²) in [5.74, 6) is -0.0320. The molecule has 1 atom stereocenters. The Balaban J connectivity index is 1.41. The van der Waals surface area contributed by atoms with E-state index in [9.17, 15) is 9.90 Å². The van der Waals surface area contributed by atoms with Gasteiger partial charge in [0.15, 0.2) is 0 Å². The van der Waals surface area contributed by atoms with E-state index in [2.05, 4.69) is 34.5 Å². The maximum Gasteiger partial charge on any atom is 0.225 e. The fourth-order valence-corrected chi connectivity index (χ4v) is 3.64. The van der Waals surface area contributed by atoms with E-state index in [1.807, 2.05) is 17.5 Å². The van der Waals surface area contributed by atoms with Crippen molar-refractivity contribution >= 4 is 17.2 Å². The van der Waals surface area contributed by atoms with Crippen LogP contribution >= 0.6 is 11.3 Å². The molecule has 0 radical (unpaired) electrons. The number of carbonyl (C=O) groups excluding carboxylic acids is 1. The Morgan fingerprint density at radius 2 is 2.09 bits per heavy atom. The van der Waals surface area contributed by atoms with Crippen LogP contribution in [-0.2, 0) is 24.2 Å². The van der Waals surface area contributed by atoms with Crippen molar-refractivity contribution in [2.75, 3.05) is 19.6 Å². The van der Waals surface area contributed by atoms with E-state index in [-0.39, 0.29) is 5.91 Å². The number of nitrogens with one attached hydrogen (secondary N) is 1. The van der Waals surface area contributed by atoms with Crippen molar-refractivity contribution in [3.63, 3.8) is 0 Å². The summed E-state index contributed by atoms with van der Waals surface area (Å²) in [5, 5.41) is 15.0. The van der Waals surface area contributed by atoms with Gasteiger partial charge in [-0.25, -0.2) is 0 Å². The van der Waals surface area contributed by atoms with Crippen LogP contribution in [0, 0.1) is 0 Å². The normalized spacial score (nSPS) is 15.9. The summed E-state index contributed by atoms with van der Waals surface area (Å²) in [6.45, 7) is 2.73. The number of β-amino-alcohol motifs (C(OH)–C–C–N with tert-alkyl or cyclic N) is 1. The Morgan fingerprint density at radius 1 is 1.26 bits per heavy atom. The van der Waals surface area contributed by atoms with Crippen LogP contribution in [0.4, 0.5) is 0 Å². The van der Waals surface area contributed by atoms with Crippen molar-refractivity contribution < 1.29 is 9.90 Å². The molecule has 2 aromatic rings. The molecule has 1 aliphatic heterocycles. The second-order valence-electron chi connectivity index (χ2n) is 5.97. The number of hydrogen-bond acceptors (Lipinski definition) is 4. The molecule has 0 unspecified atom stereocenters. The van der Waals surface area contributed by atoms with Crippen molar-refractivity contribution in [2.24, 2.45) is 0 Å². The minimum absolute atomic E-state index is 0.0320. The molecule has 0 bridgehead atoms. The Hall–Kier alpha value is -1.69. The van der Waals surface area contributed by atoms with Crippen molar-refractivity contribution in [1.29, 1.82) is 0 Å². The smallest absolute Gasteiger partial charge is 0.225 e. The summed E-state index contributed by atoms with van der Waals surface area (Å²) in [5.41, 5.74) is 2.75. The van der Waals surface area contributed by atoms with Gasteiger partial charge in [-0.1, -0.05) is 30.3 Å². The highest BCUT2D eigenvalue weighted by molar-refractivity contribution is 7.10. The molecule has 1 amide bonds. The lowest BCUT2D eigenvalue weighted by molar-refractivity contribution is -0.120. The molecule has 4 nitrogen and oxygen atoms in total. The van der Waals surface area contributed by atoms with Crippen LogP contribution in [0.2, 0.25) is 0 Å². The summed E-state index contributed by atoms with van der Waals surface area (Å²) in [6, 6.07) is 12.3. The number of rotatable bonds is 6. The average molecular weight is 330 g/mol. The van der Waals surface area contributed by atoms with Crippen molar-refractivity contribution in [1.82, 2.24) is 10.2 Å². The summed E-state index contributed by atoms with van der Waals surface area (Å²) in [7, 11) is 0. The van der Waals surface area contributed by atoms with Crippen LogP contribution in [0.25, 0.3) is 0 Å². The zero-order valence-electron chi connectivity index (χ0n) is 13.1. The van der Waals surface area contributed by atoms with Crippen molar-refractivity contribution in [3.05, 3.63) is 57.8 Å². The fourth-order valence-electron chi connectivity index (χ4n) is 2.94. The van der Waals surface area contributed by atoms with Gasteiger partial charge in [0, 0.05) is 31.1 Å². The zero-order valence-corrected chi connectivity index (χ0v) is 13.9. The van der Waals surface area contributed by atoms with Crippen LogP contribution in [0.5, 0.6) is 0 Å². The third-order valence-corrected chi connectivity index (χ3v) is 5.00. The van der Waals surface area contributed by atoms with Gasteiger partial charge in [0.25, 0.3) is 0 Å². The first-order valence-corrected chi connectivity index (χ1v) is 8.85. The first-order chi connectivity index (χ1) is 11.2. The first-order valence-electron chi connectivity index (χ1n) is 7.97. The van der Waals surface area contributed by atoms with Crippen molar-refractivity contribution in [3.8, 4) is 0 Å². The van der Waals surface area contributed by atoms with Crippen LogP contribution < -0.4 is 5.32 Å². The van der Waals surface area contributed by atoms with E-state index < -0.39 is 6.10 Å². The molecule has 23 heavy (non-hydrogen) atoms. The molecule has 5 heteroatoms. The fraction of sp³-hybridized carbons (Fsp3) is 0.389. The number of benzene rings is 1. The van der Waals surface area contributed by atoms with Gasteiger partial charge < -0.3 is 10.4 Å². The monoisotopic (exact) mass is 330 g/mol. The summed E-state index contributed by atoms with van der Waals surface area (Å²) < 4.78 is 0. The quantitative estimate of drug-likeness (QED) is 0.850. The third-order valence-electron chi connectivity index (χ3n) is 4.13. The molecule has 2 heterocycles. The zero-order chi connectivity index (χ0) is 16.1. The summed E-state index contributed by atoms with van der Waals surface area (Å²) in [6.07, 6.45) is 0.877. The maximum atomic E-state index is 11.8. The number of carbonyl (C=O) groups is 1. The van der Waals surface area contributed by atoms with Gasteiger partial charge in [0.1, 0.15) is 0 Å². The SMILES string of the molecule is O=C(Cc1cccs1)NC[C@@H](O)CN1CCc2ccccc2C1. The molecule has 1 aromatic carbocycles. The molecule has 0 spiro atoms. The minimum Gasteiger partial charge on any atom is -0.390 e. The molecule has 1 aliphatic rings. The highest BCUT2D eigenvalue weighted by Gasteiger charge is 2.18. The lowest BCUT2D eigenvalue weighted by atomic mass is 10.00. The number of aliphatic hydroxyl groups excluding tert-OH is 1. The van der Waals surface area contributed by atoms with Gasteiger partial charge in [0.2, 0.25) is 5.91 Å². The van der Waals surface area contributed by atoms with E-state index in [0.29, 0.717) is 19.5 Å². The maximum absolute atomic E-state index is 11.8. The Morgan fingerprint density at radius 3 is 2.87 bits per heavy atom. The lowest BCUT2D eigenvalue weighted by Gasteiger charge is -2.30. The van der Waals surface area contributed by atoms with Crippen LogP contribution in [0.1, 0.15) is 16.0 Å². The molecule has 3 rings (SSSR count). The van der Waals surface area contributed by atoms with E-state index in [0.717, 1.165) is 24.4 Å². The van der Waals surface area contributed by atoms with Crippen LogP contribution in [0.3, 0.4) is 0 Å². The molecule has 0 aliphatic carbocycles.